The molecule has 0 aliphatic carbocycles. The van der Waals surface area contributed by atoms with Crippen molar-refractivity contribution in [1.82, 2.24) is 4.98 Å². The number of benzene rings is 1. The van der Waals surface area contributed by atoms with E-state index in [1.54, 1.807) is 17.5 Å². The molecular weight excluding hydrogens is 368 g/mol. The van der Waals surface area contributed by atoms with Crippen molar-refractivity contribution in [3.05, 3.63) is 69.2 Å². The number of halogens is 2. The highest BCUT2D eigenvalue weighted by Crippen LogP contribution is 2.29. The van der Waals surface area contributed by atoms with E-state index >= 15 is 0 Å². The van der Waals surface area contributed by atoms with Crippen LogP contribution in [0.4, 0.5) is 5.69 Å². The van der Waals surface area contributed by atoms with Crippen LogP contribution in [0.5, 0.6) is 0 Å². The van der Waals surface area contributed by atoms with Crippen molar-refractivity contribution >= 4 is 44.6 Å². The second-order valence-electron chi connectivity index (χ2n) is 4.48. The van der Waals surface area contributed by atoms with Crippen molar-refractivity contribution in [3.63, 3.8) is 0 Å². The zero-order valence-electron chi connectivity index (χ0n) is 11.0. The van der Waals surface area contributed by atoms with Crippen molar-refractivity contribution in [2.45, 2.75) is 6.54 Å². The van der Waals surface area contributed by atoms with Crippen LogP contribution < -0.4 is 5.32 Å². The molecular formula is C16H12BrClN2S. The first-order chi connectivity index (χ1) is 10.2. The molecule has 2 aromatic heterocycles. The molecule has 2 heterocycles. The molecule has 21 heavy (non-hydrogen) atoms. The minimum atomic E-state index is 0.475. The highest BCUT2D eigenvalue weighted by atomic mass is 79.9. The van der Waals surface area contributed by atoms with E-state index in [9.17, 15) is 0 Å². The van der Waals surface area contributed by atoms with Crippen molar-refractivity contribution in [3.8, 4) is 10.4 Å². The van der Waals surface area contributed by atoms with Gasteiger partial charge < -0.3 is 5.32 Å². The van der Waals surface area contributed by atoms with Gasteiger partial charge in [-0.15, -0.1) is 11.3 Å². The van der Waals surface area contributed by atoms with Gasteiger partial charge in [0.05, 0.1) is 16.4 Å². The quantitative estimate of drug-likeness (QED) is 0.576. The van der Waals surface area contributed by atoms with Gasteiger partial charge in [0, 0.05) is 16.3 Å². The van der Waals surface area contributed by atoms with Crippen LogP contribution in [0.25, 0.3) is 10.4 Å². The molecule has 2 nitrogen and oxygen atoms in total. The van der Waals surface area contributed by atoms with E-state index in [0.717, 1.165) is 16.7 Å². The van der Waals surface area contributed by atoms with E-state index in [-0.39, 0.29) is 0 Å². The van der Waals surface area contributed by atoms with Gasteiger partial charge in [-0.05, 0) is 39.7 Å². The maximum atomic E-state index is 5.89. The summed E-state index contributed by atoms with van der Waals surface area (Å²) in [6, 6.07) is 16.7. The SMILES string of the molecule is Clc1ncc(NCc2ccc(-c3ccccc3)s2)cc1Br. The number of rotatable bonds is 4. The molecule has 0 saturated carbocycles. The van der Waals surface area contributed by atoms with Crippen LogP contribution in [0.3, 0.4) is 0 Å². The van der Waals surface area contributed by atoms with E-state index in [0.29, 0.717) is 5.15 Å². The number of hydrogen-bond donors (Lipinski definition) is 1. The van der Waals surface area contributed by atoms with Crippen molar-refractivity contribution in [2.24, 2.45) is 0 Å². The fourth-order valence-corrected chi connectivity index (χ4v) is 3.34. The average Bonchev–Trinajstić information content (AvgIpc) is 2.98. The Morgan fingerprint density at radius 2 is 1.95 bits per heavy atom. The maximum absolute atomic E-state index is 5.89. The Hall–Kier alpha value is -1.36. The van der Waals surface area contributed by atoms with Gasteiger partial charge in [-0.1, -0.05) is 41.9 Å². The Kier molecular flexibility index (Phi) is 4.58. The summed E-state index contributed by atoms with van der Waals surface area (Å²) in [5.41, 5.74) is 2.20. The second-order valence-corrected chi connectivity index (χ2v) is 6.86. The van der Waals surface area contributed by atoms with Gasteiger partial charge in [0.1, 0.15) is 5.15 Å². The summed E-state index contributed by atoms with van der Waals surface area (Å²) in [6.45, 7) is 0.771. The lowest BCUT2D eigenvalue weighted by Crippen LogP contribution is -1.97. The standard InChI is InChI=1S/C16H12BrClN2S/c17-14-8-12(9-20-16(14)18)19-10-13-6-7-15(21-13)11-4-2-1-3-5-11/h1-9,19H,10H2. The lowest BCUT2D eigenvalue weighted by atomic mass is 10.2. The first-order valence-corrected chi connectivity index (χ1v) is 8.40. The molecule has 0 saturated heterocycles. The fourth-order valence-electron chi connectivity index (χ4n) is 1.94. The normalized spacial score (nSPS) is 10.6. The van der Waals surface area contributed by atoms with Gasteiger partial charge in [0.2, 0.25) is 0 Å². The summed E-state index contributed by atoms with van der Waals surface area (Å²) in [6.07, 6.45) is 1.73. The minimum Gasteiger partial charge on any atom is -0.379 e. The van der Waals surface area contributed by atoms with Crippen LogP contribution in [-0.2, 0) is 6.54 Å². The van der Waals surface area contributed by atoms with Crippen molar-refractivity contribution in [1.29, 1.82) is 0 Å². The van der Waals surface area contributed by atoms with Crippen LogP contribution in [0.15, 0.2) is 59.2 Å². The molecule has 0 unspecified atom stereocenters. The van der Waals surface area contributed by atoms with E-state index in [2.05, 4.69) is 62.6 Å². The van der Waals surface area contributed by atoms with E-state index in [1.165, 1.54) is 15.3 Å². The smallest absolute Gasteiger partial charge is 0.143 e. The third-order valence-electron chi connectivity index (χ3n) is 2.98. The molecule has 0 fully saturated rings. The van der Waals surface area contributed by atoms with Gasteiger partial charge in [0.25, 0.3) is 0 Å². The van der Waals surface area contributed by atoms with Gasteiger partial charge in [0.15, 0.2) is 0 Å². The van der Waals surface area contributed by atoms with Gasteiger partial charge in [-0.25, -0.2) is 4.98 Å². The number of nitrogens with zero attached hydrogens (tertiary/aromatic N) is 1. The third kappa shape index (κ3) is 3.64. The van der Waals surface area contributed by atoms with Crippen molar-refractivity contribution < 1.29 is 0 Å². The first kappa shape index (κ1) is 14.6. The average molecular weight is 380 g/mol. The molecule has 0 spiro atoms. The van der Waals surface area contributed by atoms with E-state index < -0.39 is 0 Å². The Bertz CT molecular complexity index is 743. The van der Waals surface area contributed by atoms with Crippen LogP contribution in [0.2, 0.25) is 5.15 Å². The molecule has 0 atom stereocenters. The van der Waals surface area contributed by atoms with Crippen LogP contribution in [0.1, 0.15) is 4.88 Å². The van der Waals surface area contributed by atoms with E-state index in [1.807, 2.05) is 12.1 Å². The zero-order valence-corrected chi connectivity index (χ0v) is 14.2. The number of anilines is 1. The summed E-state index contributed by atoms with van der Waals surface area (Å²) in [5, 5.41) is 3.83. The molecule has 5 heteroatoms. The number of aromatic nitrogens is 1. The van der Waals surface area contributed by atoms with Crippen LogP contribution in [-0.4, -0.2) is 4.98 Å². The molecule has 3 rings (SSSR count). The molecule has 0 bridgehead atoms. The third-order valence-corrected chi connectivity index (χ3v) is 5.25. The number of thiophene rings is 1. The summed E-state index contributed by atoms with van der Waals surface area (Å²) >= 11 is 11.1. The monoisotopic (exact) mass is 378 g/mol. The van der Waals surface area contributed by atoms with Gasteiger partial charge in [-0.3, -0.25) is 0 Å². The predicted molar refractivity (Wildman–Crippen MR) is 94.0 cm³/mol. The Morgan fingerprint density at radius 3 is 2.71 bits per heavy atom. The highest BCUT2D eigenvalue weighted by molar-refractivity contribution is 9.10. The van der Waals surface area contributed by atoms with Gasteiger partial charge in [-0.2, -0.15) is 0 Å². The lowest BCUT2D eigenvalue weighted by molar-refractivity contribution is 1.17. The predicted octanol–water partition coefficient (Wildman–Crippen LogP) is 5.84. The molecule has 106 valence electrons. The van der Waals surface area contributed by atoms with Crippen LogP contribution >= 0.6 is 38.9 Å². The molecule has 3 aromatic rings. The summed E-state index contributed by atoms with van der Waals surface area (Å²) < 4.78 is 0.797. The topological polar surface area (TPSA) is 24.9 Å². The molecule has 0 amide bonds. The molecule has 0 aliphatic heterocycles. The number of nitrogens with one attached hydrogen (secondary N) is 1. The van der Waals surface area contributed by atoms with E-state index in [4.69, 9.17) is 11.6 Å². The minimum absolute atomic E-state index is 0.475. The zero-order chi connectivity index (χ0) is 14.7. The summed E-state index contributed by atoms with van der Waals surface area (Å²) in [4.78, 5) is 6.66. The largest absolute Gasteiger partial charge is 0.379 e. The molecule has 1 aromatic carbocycles. The van der Waals surface area contributed by atoms with Crippen LogP contribution in [0, 0.1) is 0 Å². The summed E-state index contributed by atoms with van der Waals surface area (Å²) in [5.74, 6) is 0. The summed E-state index contributed by atoms with van der Waals surface area (Å²) in [7, 11) is 0. The Balaban J connectivity index is 1.69. The molecule has 0 radical (unpaired) electrons. The maximum Gasteiger partial charge on any atom is 0.143 e. The number of hydrogen-bond acceptors (Lipinski definition) is 3. The molecule has 0 aliphatic rings. The Morgan fingerprint density at radius 1 is 1.14 bits per heavy atom. The highest BCUT2D eigenvalue weighted by Gasteiger charge is 2.04. The first-order valence-electron chi connectivity index (χ1n) is 6.41. The Labute approximate surface area is 140 Å². The van der Waals surface area contributed by atoms with Crippen molar-refractivity contribution in [2.75, 3.05) is 5.32 Å². The number of pyridine rings is 1. The van der Waals surface area contributed by atoms with Gasteiger partial charge >= 0.3 is 0 Å². The molecule has 1 N–H and O–H groups in total. The lowest BCUT2D eigenvalue weighted by Gasteiger charge is -2.05. The second kappa shape index (κ2) is 6.60. The fraction of sp³-hybridized carbons (Fsp3) is 0.0625.